The van der Waals surface area contributed by atoms with Crippen molar-refractivity contribution in [1.82, 2.24) is 29.2 Å². The van der Waals surface area contributed by atoms with Crippen LogP contribution >= 0.6 is 0 Å². The van der Waals surface area contributed by atoms with Crippen molar-refractivity contribution in [2.75, 3.05) is 18.8 Å². The number of imidazole rings is 1. The maximum atomic E-state index is 15.1. The number of nitrogens with zero attached hydrogens (tertiary/aromatic N) is 6. The monoisotopic (exact) mass is 487 g/mol. The third-order valence-electron chi connectivity index (χ3n) is 7.01. The number of hydrogen-bond acceptors (Lipinski definition) is 5. The molecule has 2 fully saturated rings. The summed E-state index contributed by atoms with van der Waals surface area (Å²) < 4.78 is 33.3. The van der Waals surface area contributed by atoms with E-state index in [0.717, 1.165) is 23.9 Å². The quantitative estimate of drug-likeness (QED) is 0.353. The Hall–Kier alpha value is -4.26. The molecule has 1 atom stereocenters. The number of halogens is 2. The number of rotatable bonds is 3. The molecule has 1 aromatic carbocycles. The molecule has 36 heavy (non-hydrogen) atoms. The van der Waals surface area contributed by atoms with Crippen molar-refractivity contribution in [3.8, 4) is 11.8 Å². The number of carbonyl (C=O) groups excluding carboxylic acids is 1. The molecule has 1 aliphatic carbocycles. The normalized spacial score (nSPS) is 17.5. The predicted octanol–water partition coefficient (Wildman–Crippen LogP) is 3.42. The number of likely N-dealkylation sites (tertiary alicyclic amines) is 1. The lowest BCUT2D eigenvalue weighted by Gasteiger charge is -2.16. The molecule has 0 spiro atoms. The molecule has 0 radical (unpaired) electrons. The zero-order valence-corrected chi connectivity index (χ0v) is 19.6. The molecule has 2 aliphatic rings. The fourth-order valence-corrected chi connectivity index (χ4v) is 4.96. The average Bonchev–Trinajstić information content (AvgIpc) is 3.28. The van der Waals surface area contributed by atoms with Gasteiger partial charge in [-0.2, -0.15) is 5.10 Å². The van der Waals surface area contributed by atoms with E-state index in [1.165, 1.54) is 18.5 Å². The molecule has 1 amide bonds. The number of carbonyl (C=O) groups is 1. The zero-order chi connectivity index (χ0) is 25.1. The second kappa shape index (κ2) is 8.16. The molecule has 4 aromatic rings. The Kier molecular flexibility index (Phi) is 5.03. The standard InChI is InChI=1S/C26H23F2N7O/c1-3-21(36)34-9-8-15(12-34)35-25-17(14-4-5-14)11-30-26(29)22(25)19(32-35)7-6-16-18(27)10-20-24(23(16)28)31-13-33(20)2/h3,10-11,13-15H,1,4-5,8-9,12H2,2H3,(H2,29,30)/t15-/m0/s1. The summed E-state index contributed by atoms with van der Waals surface area (Å²) in [4.78, 5) is 22.3. The summed E-state index contributed by atoms with van der Waals surface area (Å²) in [6.45, 7) is 4.63. The van der Waals surface area contributed by atoms with Crippen LogP contribution in [0, 0.1) is 23.5 Å². The van der Waals surface area contributed by atoms with Gasteiger partial charge >= 0.3 is 0 Å². The molecule has 2 N–H and O–H groups in total. The molecule has 4 heterocycles. The van der Waals surface area contributed by atoms with Crippen LogP contribution in [0.1, 0.15) is 48.0 Å². The molecular formula is C26H23F2N7O. The summed E-state index contributed by atoms with van der Waals surface area (Å²) in [7, 11) is 1.67. The van der Waals surface area contributed by atoms with Crippen LogP contribution in [0.5, 0.6) is 0 Å². The molecule has 3 aromatic heterocycles. The Bertz CT molecular complexity index is 1640. The van der Waals surface area contributed by atoms with Gasteiger partial charge in [0.2, 0.25) is 5.91 Å². The van der Waals surface area contributed by atoms with Crippen LogP contribution in [0.15, 0.2) is 31.2 Å². The van der Waals surface area contributed by atoms with Gasteiger partial charge in [-0.1, -0.05) is 12.5 Å². The first-order valence-electron chi connectivity index (χ1n) is 11.8. The number of benzene rings is 1. The second-order valence-corrected chi connectivity index (χ2v) is 9.34. The van der Waals surface area contributed by atoms with Crippen molar-refractivity contribution < 1.29 is 13.6 Å². The first-order valence-corrected chi connectivity index (χ1v) is 11.8. The van der Waals surface area contributed by atoms with E-state index >= 15 is 4.39 Å². The molecule has 1 saturated carbocycles. The average molecular weight is 488 g/mol. The highest BCUT2D eigenvalue weighted by Crippen LogP contribution is 2.45. The summed E-state index contributed by atoms with van der Waals surface area (Å²) in [6.07, 6.45) is 7.29. The minimum absolute atomic E-state index is 0.0497. The largest absolute Gasteiger partial charge is 0.383 e. The minimum atomic E-state index is -0.819. The lowest BCUT2D eigenvalue weighted by Crippen LogP contribution is -2.27. The topological polar surface area (TPSA) is 94.9 Å². The van der Waals surface area contributed by atoms with Gasteiger partial charge in [0.1, 0.15) is 22.8 Å². The number of aromatic nitrogens is 5. The van der Waals surface area contributed by atoms with Gasteiger partial charge < -0.3 is 15.2 Å². The van der Waals surface area contributed by atoms with Gasteiger partial charge in [0.05, 0.1) is 34.4 Å². The smallest absolute Gasteiger partial charge is 0.246 e. The van der Waals surface area contributed by atoms with E-state index in [4.69, 9.17) is 10.8 Å². The van der Waals surface area contributed by atoms with Crippen molar-refractivity contribution in [3.63, 3.8) is 0 Å². The first-order chi connectivity index (χ1) is 17.4. The first kappa shape index (κ1) is 22.2. The van der Waals surface area contributed by atoms with Crippen molar-refractivity contribution >= 4 is 33.7 Å². The van der Waals surface area contributed by atoms with E-state index in [9.17, 15) is 9.18 Å². The second-order valence-electron chi connectivity index (χ2n) is 9.34. The van der Waals surface area contributed by atoms with E-state index in [1.54, 1.807) is 22.7 Å². The van der Waals surface area contributed by atoms with Crippen molar-refractivity contribution in [2.24, 2.45) is 7.05 Å². The molecule has 8 nitrogen and oxygen atoms in total. The molecule has 1 saturated heterocycles. The Labute approximate surface area is 205 Å². The molecule has 1 aliphatic heterocycles. The third kappa shape index (κ3) is 3.42. The van der Waals surface area contributed by atoms with Crippen LogP contribution in [-0.4, -0.2) is 48.2 Å². The number of fused-ring (bicyclic) bond motifs is 2. The van der Waals surface area contributed by atoms with Crippen LogP contribution in [0.4, 0.5) is 14.6 Å². The van der Waals surface area contributed by atoms with Crippen molar-refractivity contribution in [2.45, 2.75) is 31.2 Å². The summed E-state index contributed by atoms with van der Waals surface area (Å²) in [5.41, 5.74) is 8.46. The fourth-order valence-electron chi connectivity index (χ4n) is 4.96. The summed E-state index contributed by atoms with van der Waals surface area (Å²) in [5, 5.41) is 5.33. The van der Waals surface area contributed by atoms with Gasteiger partial charge in [0.25, 0.3) is 0 Å². The van der Waals surface area contributed by atoms with E-state index in [-0.39, 0.29) is 28.8 Å². The summed E-state index contributed by atoms with van der Waals surface area (Å²) >= 11 is 0. The Balaban J connectivity index is 1.50. The lowest BCUT2D eigenvalue weighted by atomic mass is 10.1. The van der Waals surface area contributed by atoms with Gasteiger partial charge in [-0.25, -0.2) is 18.7 Å². The summed E-state index contributed by atoms with van der Waals surface area (Å²) in [5.74, 6) is 4.37. The number of nitrogens with two attached hydrogens (primary N) is 1. The SMILES string of the molecule is C=CC(=O)N1CC[C@H](n2nc(C#Cc3c(F)cc4c(ncn4C)c3F)c3c(N)ncc(C4CC4)c32)C1. The van der Waals surface area contributed by atoms with Crippen molar-refractivity contribution in [3.05, 3.63) is 59.7 Å². The van der Waals surface area contributed by atoms with Gasteiger partial charge in [-0.3, -0.25) is 9.48 Å². The molecule has 0 unspecified atom stereocenters. The van der Waals surface area contributed by atoms with E-state index in [1.807, 2.05) is 4.68 Å². The lowest BCUT2D eigenvalue weighted by molar-refractivity contribution is -0.125. The maximum Gasteiger partial charge on any atom is 0.246 e. The van der Waals surface area contributed by atoms with Crippen LogP contribution in [-0.2, 0) is 11.8 Å². The number of amides is 1. The molecule has 0 bridgehead atoms. The highest BCUT2D eigenvalue weighted by Gasteiger charge is 2.33. The van der Waals surface area contributed by atoms with E-state index in [0.29, 0.717) is 42.0 Å². The van der Waals surface area contributed by atoms with Crippen LogP contribution < -0.4 is 5.73 Å². The predicted molar refractivity (Wildman–Crippen MR) is 131 cm³/mol. The van der Waals surface area contributed by atoms with Crippen molar-refractivity contribution in [1.29, 1.82) is 0 Å². The van der Waals surface area contributed by atoms with Gasteiger partial charge in [-0.05, 0) is 42.7 Å². The number of pyridine rings is 1. The molecule has 6 rings (SSSR count). The van der Waals surface area contributed by atoms with Gasteiger partial charge in [-0.15, -0.1) is 0 Å². The van der Waals surface area contributed by atoms with Crippen LogP contribution in [0.2, 0.25) is 0 Å². The van der Waals surface area contributed by atoms with Gasteiger partial charge in [0.15, 0.2) is 5.82 Å². The number of hydrogen-bond donors (Lipinski definition) is 1. The highest BCUT2D eigenvalue weighted by atomic mass is 19.1. The van der Waals surface area contributed by atoms with Gasteiger partial charge in [0, 0.05) is 32.4 Å². The minimum Gasteiger partial charge on any atom is -0.383 e. The fraction of sp³-hybridized carbons (Fsp3) is 0.308. The molecule has 10 heteroatoms. The number of anilines is 1. The van der Waals surface area contributed by atoms with Crippen LogP contribution in [0.3, 0.4) is 0 Å². The van der Waals surface area contributed by atoms with E-state index in [2.05, 4.69) is 28.4 Å². The Morgan fingerprint density at radius 2 is 2.06 bits per heavy atom. The molecule has 182 valence electrons. The number of aryl methyl sites for hydroxylation is 1. The molecular weight excluding hydrogens is 464 g/mol. The zero-order valence-electron chi connectivity index (χ0n) is 19.6. The number of nitrogen functional groups attached to an aromatic ring is 1. The van der Waals surface area contributed by atoms with E-state index < -0.39 is 11.6 Å². The Morgan fingerprint density at radius 1 is 1.25 bits per heavy atom. The Morgan fingerprint density at radius 3 is 2.81 bits per heavy atom. The third-order valence-corrected chi connectivity index (χ3v) is 7.01. The summed E-state index contributed by atoms with van der Waals surface area (Å²) in [6, 6.07) is 1.13. The highest BCUT2D eigenvalue weighted by molar-refractivity contribution is 5.96. The van der Waals surface area contributed by atoms with Crippen LogP contribution in [0.25, 0.3) is 21.9 Å². The maximum absolute atomic E-state index is 15.1.